The number of aryl methyl sites for hydroxylation is 1. The molecule has 168 valence electrons. The summed E-state index contributed by atoms with van der Waals surface area (Å²) in [5, 5.41) is 2.97. The van der Waals surface area contributed by atoms with E-state index in [0.717, 1.165) is 25.2 Å². The third-order valence-electron chi connectivity index (χ3n) is 5.63. The molecule has 11 heteroatoms. The van der Waals surface area contributed by atoms with E-state index in [1.165, 1.54) is 17.2 Å². The Morgan fingerprint density at radius 2 is 2.00 bits per heavy atom. The van der Waals surface area contributed by atoms with E-state index in [1.807, 2.05) is 6.92 Å². The van der Waals surface area contributed by atoms with Gasteiger partial charge in [0.2, 0.25) is 5.91 Å². The summed E-state index contributed by atoms with van der Waals surface area (Å²) in [7, 11) is 0. The lowest BCUT2D eigenvalue weighted by Crippen LogP contribution is -2.47. The minimum absolute atomic E-state index is 0.0379. The number of carbonyl (C=O) groups is 2. The van der Waals surface area contributed by atoms with Crippen LogP contribution in [0.4, 0.5) is 23.1 Å². The van der Waals surface area contributed by atoms with Crippen LogP contribution in [0.3, 0.4) is 0 Å². The fourth-order valence-corrected chi connectivity index (χ4v) is 4.50. The summed E-state index contributed by atoms with van der Waals surface area (Å²) in [5.74, 6) is -0.600. The fourth-order valence-electron chi connectivity index (χ4n) is 3.55. The van der Waals surface area contributed by atoms with Crippen molar-refractivity contribution in [1.82, 2.24) is 14.9 Å². The molecule has 2 aromatic rings. The molecule has 0 aliphatic carbocycles. The van der Waals surface area contributed by atoms with Crippen molar-refractivity contribution in [3.63, 3.8) is 0 Å². The number of hydrogen-bond acceptors (Lipinski definition) is 5. The fraction of sp³-hybridized carbons (Fsp3) is 0.500. The lowest BCUT2D eigenvalue weighted by Gasteiger charge is -2.27. The smallest absolute Gasteiger partial charge is 0.368 e. The molecule has 0 bridgehead atoms. The summed E-state index contributed by atoms with van der Waals surface area (Å²) in [6, 6.07) is 1.83. The van der Waals surface area contributed by atoms with E-state index in [0.29, 0.717) is 29.1 Å². The van der Waals surface area contributed by atoms with Crippen LogP contribution in [0.5, 0.6) is 0 Å². The first kappa shape index (κ1) is 23.0. The standard InChI is InChI=1S/C20H24F3N5O2S/c1-10-6-8-28(14(10)16(24)29)18(30)27-17-26-11(2)15(31-17)12-5-7-25-13(9-12)19(3,4)20(21,22)23/h5,7,9-10,14H,6,8H2,1-4H3,(H2,24,29)(H,26,27,30)/t10-,14?/m1/s1. The van der Waals surface area contributed by atoms with Crippen LogP contribution in [0, 0.1) is 12.8 Å². The van der Waals surface area contributed by atoms with Crippen LogP contribution in [-0.2, 0) is 10.2 Å². The van der Waals surface area contributed by atoms with Crippen molar-refractivity contribution in [2.24, 2.45) is 11.7 Å². The number of hydrogen-bond donors (Lipinski definition) is 2. The summed E-state index contributed by atoms with van der Waals surface area (Å²) in [6.07, 6.45) is -2.46. The third-order valence-corrected chi connectivity index (χ3v) is 6.76. The van der Waals surface area contributed by atoms with Crippen molar-refractivity contribution in [3.05, 3.63) is 29.7 Å². The Balaban J connectivity index is 1.85. The molecule has 0 radical (unpaired) electrons. The molecule has 3 heterocycles. The van der Waals surface area contributed by atoms with Crippen molar-refractivity contribution < 1.29 is 22.8 Å². The summed E-state index contributed by atoms with van der Waals surface area (Å²) >= 11 is 1.14. The van der Waals surface area contributed by atoms with Crippen molar-refractivity contribution in [3.8, 4) is 10.4 Å². The number of urea groups is 1. The predicted octanol–water partition coefficient (Wildman–Crippen LogP) is 4.08. The normalized spacial score (nSPS) is 19.5. The van der Waals surface area contributed by atoms with Gasteiger partial charge in [0, 0.05) is 12.7 Å². The number of pyridine rings is 1. The molecule has 0 spiro atoms. The first-order valence-electron chi connectivity index (χ1n) is 9.71. The van der Waals surface area contributed by atoms with E-state index in [1.54, 1.807) is 13.0 Å². The van der Waals surface area contributed by atoms with Crippen molar-refractivity contribution in [1.29, 1.82) is 0 Å². The number of halogens is 3. The number of carbonyl (C=O) groups excluding carboxylic acids is 2. The predicted molar refractivity (Wildman–Crippen MR) is 112 cm³/mol. The molecule has 2 aromatic heterocycles. The van der Waals surface area contributed by atoms with Crippen molar-refractivity contribution >= 4 is 28.4 Å². The van der Waals surface area contributed by atoms with Crippen LogP contribution in [0.25, 0.3) is 10.4 Å². The summed E-state index contributed by atoms with van der Waals surface area (Å²) < 4.78 is 40.2. The van der Waals surface area contributed by atoms with Gasteiger partial charge in [-0.15, -0.1) is 0 Å². The number of nitrogens with zero attached hydrogens (tertiary/aromatic N) is 3. The van der Waals surface area contributed by atoms with E-state index in [2.05, 4.69) is 15.3 Å². The SMILES string of the molecule is Cc1nc(NC(=O)N2CC[C@@H](C)C2C(N)=O)sc1-c1ccnc(C(C)(C)C(F)(F)F)c1. The Bertz CT molecular complexity index is 1000. The quantitative estimate of drug-likeness (QED) is 0.725. The largest absolute Gasteiger partial charge is 0.399 e. The highest BCUT2D eigenvalue weighted by molar-refractivity contribution is 7.19. The molecule has 1 unspecified atom stereocenters. The summed E-state index contributed by atoms with van der Waals surface area (Å²) in [6.45, 7) is 6.13. The second kappa shape index (κ2) is 8.10. The Labute approximate surface area is 181 Å². The Morgan fingerprint density at radius 1 is 1.32 bits per heavy atom. The molecule has 7 nitrogen and oxygen atoms in total. The van der Waals surface area contributed by atoms with Crippen LogP contribution in [0.1, 0.15) is 38.6 Å². The van der Waals surface area contributed by atoms with Crippen LogP contribution in [0.2, 0.25) is 0 Å². The average Bonchev–Trinajstić information content (AvgIpc) is 3.23. The maximum Gasteiger partial charge on any atom is 0.399 e. The minimum atomic E-state index is -4.45. The number of amides is 3. The first-order valence-corrected chi connectivity index (χ1v) is 10.5. The zero-order valence-corrected chi connectivity index (χ0v) is 18.4. The summed E-state index contributed by atoms with van der Waals surface area (Å²) in [4.78, 5) is 34.6. The molecule has 31 heavy (non-hydrogen) atoms. The minimum Gasteiger partial charge on any atom is -0.368 e. The molecule has 1 aliphatic heterocycles. The van der Waals surface area contributed by atoms with Crippen molar-refractivity contribution in [2.75, 3.05) is 11.9 Å². The number of rotatable bonds is 4. The highest BCUT2D eigenvalue weighted by atomic mass is 32.1. The molecule has 3 amide bonds. The Morgan fingerprint density at radius 3 is 2.61 bits per heavy atom. The number of likely N-dealkylation sites (tertiary alicyclic amines) is 1. The topological polar surface area (TPSA) is 101 Å². The molecule has 0 aromatic carbocycles. The van der Waals surface area contributed by atoms with Gasteiger partial charge in [-0.25, -0.2) is 9.78 Å². The number of aromatic nitrogens is 2. The Hall–Kier alpha value is -2.69. The van der Waals surface area contributed by atoms with Gasteiger partial charge in [0.05, 0.1) is 16.3 Å². The van der Waals surface area contributed by atoms with E-state index in [4.69, 9.17) is 5.73 Å². The molecule has 1 aliphatic rings. The van der Waals surface area contributed by atoms with Gasteiger partial charge < -0.3 is 10.6 Å². The van der Waals surface area contributed by atoms with Crippen LogP contribution in [-0.4, -0.2) is 45.6 Å². The van der Waals surface area contributed by atoms with Crippen molar-refractivity contribution in [2.45, 2.75) is 51.7 Å². The highest BCUT2D eigenvalue weighted by Crippen LogP contribution is 2.41. The monoisotopic (exact) mass is 455 g/mol. The first-order chi connectivity index (χ1) is 14.3. The van der Waals surface area contributed by atoms with E-state index in [-0.39, 0.29) is 16.7 Å². The molecule has 2 atom stereocenters. The number of nitrogens with two attached hydrogens (primary N) is 1. The third kappa shape index (κ3) is 4.36. The molecule has 1 fully saturated rings. The zero-order valence-electron chi connectivity index (χ0n) is 17.6. The van der Waals surface area contributed by atoms with E-state index >= 15 is 0 Å². The Kier molecular flexibility index (Phi) is 6.01. The van der Waals surface area contributed by atoms with Gasteiger partial charge in [-0.1, -0.05) is 18.3 Å². The molecule has 3 N–H and O–H groups in total. The lowest BCUT2D eigenvalue weighted by molar-refractivity contribution is -0.181. The van der Waals surface area contributed by atoms with E-state index in [9.17, 15) is 22.8 Å². The van der Waals surface area contributed by atoms with E-state index < -0.39 is 29.6 Å². The number of anilines is 1. The average molecular weight is 456 g/mol. The number of alkyl halides is 3. The molecule has 3 rings (SSSR count). The molecule has 1 saturated heterocycles. The van der Waals surface area contributed by atoms with Crippen LogP contribution < -0.4 is 11.1 Å². The van der Waals surface area contributed by atoms with Gasteiger partial charge >= 0.3 is 12.2 Å². The second-order valence-electron chi connectivity index (χ2n) is 8.22. The van der Waals surface area contributed by atoms with Gasteiger partial charge in [0.25, 0.3) is 0 Å². The van der Waals surface area contributed by atoms with Gasteiger partial charge in [0.15, 0.2) is 5.13 Å². The van der Waals surface area contributed by atoms with Gasteiger partial charge in [0.1, 0.15) is 11.5 Å². The van der Waals surface area contributed by atoms with Gasteiger partial charge in [-0.05, 0) is 50.8 Å². The lowest BCUT2D eigenvalue weighted by atomic mass is 9.87. The maximum atomic E-state index is 13.4. The molecule has 0 saturated carbocycles. The zero-order chi connectivity index (χ0) is 23.1. The molecular weight excluding hydrogens is 431 g/mol. The van der Waals surface area contributed by atoms with Crippen LogP contribution in [0.15, 0.2) is 18.3 Å². The van der Waals surface area contributed by atoms with Gasteiger partial charge in [-0.2, -0.15) is 13.2 Å². The highest BCUT2D eigenvalue weighted by Gasteiger charge is 2.49. The summed E-state index contributed by atoms with van der Waals surface area (Å²) in [5.41, 5.74) is 4.30. The van der Waals surface area contributed by atoms with Crippen LogP contribution >= 0.6 is 11.3 Å². The maximum absolute atomic E-state index is 13.4. The number of primary amides is 1. The number of thiazole rings is 1. The van der Waals surface area contributed by atoms with Gasteiger partial charge in [-0.3, -0.25) is 15.1 Å². The molecular formula is C20H24F3N5O2S. The number of nitrogens with one attached hydrogen (secondary N) is 1. The second-order valence-corrected chi connectivity index (χ2v) is 9.22.